The van der Waals surface area contributed by atoms with Gasteiger partial charge in [0.1, 0.15) is 0 Å². The van der Waals surface area contributed by atoms with Crippen LogP contribution in [-0.2, 0) is 13.0 Å². The molecule has 0 bridgehead atoms. The van der Waals surface area contributed by atoms with Gasteiger partial charge in [-0.25, -0.2) is 0 Å². The topological polar surface area (TPSA) is 54.9 Å². The summed E-state index contributed by atoms with van der Waals surface area (Å²) in [6.45, 7) is 3.40. The Morgan fingerprint density at radius 2 is 1.89 bits per heavy atom. The number of pyridine rings is 1. The highest BCUT2D eigenvalue weighted by Gasteiger charge is 2.29. The second kappa shape index (κ2) is 9.55. The predicted octanol–water partition coefficient (Wildman–Crippen LogP) is 3.01. The maximum Gasteiger partial charge on any atom is 0.254 e. The highest BCUT2D eigenvalue weighted by atomic mass is 16.5. The quantitative estimate of drug-likeness (QED) is 0.631. The van der Waals surface area contributed by atoms with Crippen molar-refractivity contribution in [3.05, 3.63) is 53.3 Å². The number of carbonyl (C=O) groups excluding carboxylic acids is 1. The van der Waals surface area contributed by atoms with Crippen LogP contribution in [0, 0.1) is 0 Å². The predicted molar refractivity (Wildman–Crippen MR) is 109 cm³/mol. The minimum Gasteiger partial charge on any atom is -0.493 e. The van der Waals surface area contributed by atoms with Gasteiger partial charge in [0.05, 0.1) is 14.2 Å². The maximum absolute atomic E-state index is 12.7. The van der Waals surface area contributed by atoms with E-state index in [0.29, 0.717) is 18.0 Å². The molecule has 1 aromatic carbocycles. The molecule has 6 heteroatoms. The number of hydrogen-bond donors (Lipinski definition) is 0. The molecule has 0 saturated heterocycles. The van der Waals surface area contributed by atoms with E-state index in [9.17, 15) is 4.79 Å². The highest BCUT2D eigenvalue weighted by Crippen LogP contribution is 2.34. The molecule has 0 atom stereocenters. The molecular formula is C22H29N3O3. The first kappa shape index (κ1) is 20.1. The number of hydrogen-bond acceptors (Lipinski definition) is 5. The summed E-state index contributed by atoms with van der Waals surface area (Å²) < 4.78 is 10.7. The SMILES string of the molecule is COc1cc2c(cc1OC)C(=O)N(CCCN(C)CCCc1cccnc1)C2. The van der Waals surface area contributed by atoms with Gasteiger partial charge in [0.25, 0.3) is 5.91 Å². The summed E-state index contributed by atoms with van der Waals surface area (Å²) in [5.41, 5.74) is 3.01. The van der Waals surface area contributed by atoms with E-state index < -0.39 is 0 Å². The van der Waals surface area contributed by atoms with Crippen molar-refractivity contribution in [2.24, 2.45) is 0 Å². The van der Waals surface area contributed by atoms with E-state index in [-0.39, 0.29) is 5.91 Å². The highest BCUT2D eigenvalue weighted by molar-refractivity contribution is 5.99. The standard InChI is InChI=1S/C22H29N3O3/c1-24(10-5-8-17-7-4-9-23-15-17)11-6-12-25-16-18-13-20(27-2)21(28-3)14-19(18)22(25)26/h4,7,9,13-15H,5-6,8,10-12,16H2,1-3H3. The number of rotatable bonds is 10. The van der Waals surface area contributed by atoms with Crippen LogP contribution in [0.5, 0.6) is 11.5 Å². The third-order valence-electron chi connectivity index (χ3n) is 5.18. The fraction of sp³-hybridized carbons (Fsp3) is 0.455. The number of nitrogens with zero attached hydrogens (tertiary/aromatic N) is 3. The molecular weight excluding hydrogens is 354 g/mol. The minimum absolute atomic E-state index is 0.0789. The van der Waals surface area contributed by atoms with Gasteiger partial charge in [-0.1, -0.05) is 6.07 Å². The van der Waals surface area contributed by atoms with Crippen LogP contribution in [0.25, 0.3) is 0 Å². The number of methoxy groups -OCH3 is 2. The zero-order valence-corrected chi connectivity index (χ0v) is 17.0. The van der Waals surface area contributed by atoms with Crippen LogP contribution >= 0.6 is 0 Å². The van der Waals surface area contributed by atoms with Gasteiger partial charge in [0.2, 0.25) is 0 Å². The van der Waals surface area contributed by atoms with Crippen molar-refractivity contribution in [1.29, 1.82) is 0 Å². The smallest absolute Gasteiger partial charge is 0.254 e. The van der Waals surface area contributed by atoms with Gasteiger partial charge in [-0.15, -0.1) is 0 Å². The van der Waals surface area contributed by atoms with Crippen LogP contribution < -0.4 is 9.47 Å². The van der Waals surface area contributed by atoms with E-state index in [4.69, 9.17) is 9.47 Å². The third-order valence-corrected chi connectivity index (χ3v) is 5.18. The third kappa shape index (κ3) is 4.81. The van der Waals surface area contributed by atoms with Crippen molar-refractivity contribution < 1.29 is 14.3 Å². The lowest BCUT2D eigenvalue weighted by Crippen LogP contribution is -2.29. The lowest BCUT2D eigenvalue weighted by Gasteiger charge is -2.20. The zero-order valence-electron chi connectivity index (χ0n) is 17.0. The van der Waals surface area contributed by atoms with Gasteiger partial charge in [-0.05, 0) is 68.7 Å². The number of amides is 1. The first-order valence-electron chi connectivity index (χ1n) is 9.74. The molecule has 28 heavy (non-hydrogen) atoms. The number of aryl methyl sites for hydroxylation is 1. The van der Waals surface area contributed by atoms with E-state index in [0.717, 1.165) is 50.0 Å². The number of benzene rings is 1. The maximum atomic E-state index is 12.7. The Bertz CT molecular complexity index is 795. The molecule has 0 aliphatic carbocycles. The molecule has 150 valence electrons. The van der Waals surface area contributed by atoms with E-state index >= 15 is 0 Å². The molecule has 0 N–H and O–H groups in total. The van der Waals surface area contributed by atoms with Gasteiger partial charge < -0.3 is 19.3 Å². The van der Waals surface area contributed by atoms with Crippen molar-refractivity contribution >= 4 is 5.91 Å². The molecule has 0 saturated carbocycles. The van der Waals surface area contributed by atoms with Gasteiger partial charge in [-0.3, -0.25) is 9.78 Å². The van der Waals surface area contributed by atoms with Crippen molar-refractivity contribution in [1.82, 2.24) is 14.8 Å². The van der Waals surface area contributed by atoms with Gasteiger partial charge in [0.15, 0.2) is 11.5 Å². The fourth-order valence-electron chi connectivity index (χ4n) is 3.62. The van der Waals surface area contributed by atoms with Gasteiger partial charge in [0, 0.05) is 31.0 Å². The van der Waals surface area contributed by atoms with Crippen LogP contribution in [0.15, 0.2) is 36.7 Å². The Kier molecular flexibility index (Phi) is 6.87. The molecule has 2 heterocycles. The number of carbonyl (C=O) groups is 1. The Hall–Kier alpha value is -2.60. The second-order valence-electron chi connectivity index (χ2n) is 7.21. The van der Waals surface area contributed by atoms with Crippen molar-refractivity contribution in [2.45, 2.75) is 25.8 Å². The zero-order chi connectivity index (χ0) is 19.9. The first-order valence-corrected chi connectivity index (χ1v) is 9.74. The summed E-state index contributed by atoms with van der Waals surface area (Å²) in [7, 11) is 5.34. The summed E-state index contributed by atoms with van der Waals surface area (Å²) in [6, 6.07) is 7.81. The number of fused-ring (bicyclic) bond motifs is 1. The van der Waals surface area contributed by atoms with E-state index in [2.05, 4.69) is 23.0 Å². The Morgan fingerprint density at radius 3 is 2.61 bits per heavy atom. The normalized spacial score (nSPS) is 13.1. The molecule has 1 amide bonds. The summed E-state index contributed by atoms with van der Waals surface area (Å²) >= 11 is 0. The Labute approximate surface area is 167 Å². The first-order chi connectivity index (χ1) is 13.6. The summed E-state index contributed by atoms with van der Waals surface area (Å²) in [5, 5.41) is 0. The largest absolute Gasteiger partial charge is 0.493 e. The molecule has 1 aromatic heterocycles. The van der Waals surface area contributed by atoms with Crippen LogP contribution in [0.2, 0.25) is 0 Å². The second-order valence-corrected chi connectivity index (χ2v) is 7.21. The summed E-state index contributed by atoms with van der Waals surface area (Å²) in [6.07, 6.45) is 6.84. The number of ether oxygens (including phenoxy) is 2. The lowest BCUT2D eigenvalue weighted by molar-refractivity contribution is 0.0772. The van der Waals surface area contributed by atoms with Gasteiger partial charge >= 0.3 is 0 Å². The van der Waals surface area contributed by atoms with Crippen LogP contribution in [0.1, 0.15) is 34.3 Å². The molecule has 0 spiro atoms. The molecule has 1 aliphatic heterocycles. The average Bonchev–Trinajstić information content (AvgIpc) is 3.02. The van der Waals surface area contributed by atoms with E-state index in [1.807, 2.05) is 23.2 Å². The van der Waals surface area contributed by atoms with Gasteiger partial charge in [-0.2, -0.15) is 0 Å². The number of aromatic nitrogens is 1. The Balaban J connectivity index is 1.43. The lowest BCUT2D eigenvalue weighted by atomic mass is 10.1. The van der Waals surface area contributed by atoms with Crippen molar-refractivity contribution in [3.8, 4) is 11.5 Å². The monoisotopic (exact) mass is 383 g/mol. The molecule has 6 nitrogen and oxygen atoms in total. The summed E-state index contributed by atoms with van der Waals surface area (Å²) in [5.74, 6) is 1.35. The average molecular weight is 383 g/mol. The molecule has 2 aromatic rings. The molecule has 0 fully saturated rings. The summed E-state index contributed by atoms with van der Waals surface area (Å²) in [4.78, 5) is 21.1. The van der Waals surface area contributed by atoms with Crippen LogP contribution in [-0.4, -0.2) is 61.6 Å². The van der Waals surface area contributed by atoms with Crippen molar-refractivity contribution in [3.63, 3.8) is 0 Å². The molecule has 1 aliphatic rings. The van der Waals surface area contributed by atoms with Crippen LogP contribution in [0.4, 0.5) is 0 Å². The van der Waals surface area contributed by atoms with Crippen LogP contribution in [0.3, 0.4) is 0 Å². The molecule has 0 radical (unpaired) electrons. The Morgan fingerprint density at radius 1 is 1.14 bits per heavy atom. The molecule has 3 rings (SSSR count). The minimum atomic E-state index is 0.0789. The fourth-order valence-corrected chi connectivity index (χ4v) is 3.62. The van der Waals surface area contributed by atoms with E-state index in [1.165, 1.54) is 5.56 Å². The van der Waals surface area contributed by atoms with Crippen molar-refractivity contribution in [2.75, 3.05) is 40.9 Å². The molecule has 0 unspecified atom stereocenters. The van der Waals surface area contributed by atoms with E-state index in [1.54, 1.807) is 26.5 Å².